The number of aliphatic hydroxyl groups excluding tert-OH is 1. The van der Waals surface area contributed by atoms with E-state index >= 15 is 0 Å². The van der Waals surface area contributed by atoms with E-state index in [9.17, 15) is 19.0 Å². The van der Waals surface area contributed by atoms with Crippen LogP contribution in [0.1, 0.15) is 19.8 Å². The van der Waals surface area contributed by atoms with Crippen molar-refractivity contribution in [1.29, 1.82) is 0 Å². The summed E-state index contributed by atoms with van der Waals surface area (Å²) in [6.07, 6.45) is 0.667. The Labute approximate surface area is 199 Å². The van der Waals surface area contributed by atoms with Gasteiger partial charge in [-0.3, -0.25) is 13.9 Å². The Kier molecular flexibility index (Phi) is 15.6. The molecule has 0 aliphatic rings. The van der Waals surface area contributed by atoms with Crippen LogP contribution in [0.2, 0.25) is 0 Å². The summed E-state index contributed by atoms with van der Waals surface area (Å²) in [4.78, 5) is 11.3. The third-order valence-electron chi connectivity index (χ3n) is 2.87. The topological polar surface area (TPSA) is 118 Å². The van der Waals surface area contributed by atoms with Gasteiger partial charge in [-0.1, -0.05) is 76.5 Å². The van der Waals surface area contributed by atoms with Crippen LogP contribution in [0.25, 0.3) is 0 Å². The Morgan fingerprint density at radius 3 is 1.45 bits per heavy atom. The minimum Gasteiger partial charge on any atom is -0.445 e. The second-order valence-electron chi connectivity index (χ2n) is 4.86. The molecule has 0 rings (SSSR count). The van der Waals surface area contributed by atoms with Crippen LogP contribution in [0.15, 0.2) is 0 Å². The Morgan fingerprint density at radius 1 is 0.862 bits per heavy atom. The minimum atomic E-state index is -3.83. The average Bonchev–Trinajstić information content (AvgIpc) is 2.63. The largest absolute Gasteiger partial charge is 0.445 e. The highest BCUT2D eigenvalue weighted by Gasteiger charge is 2.51. The Hall–Kier alpha value is 1.47. The molecule has 0 saturated carbocycles. The fourth-order valence-corrected chi connectivity index (χ4v) is 5.75. The van der Waals surface area contributed by atoms with Gasteiger partial charge in [-0.05, 0) is 6.42 Å². The quantitative estimate of drug-likeness (QED) is 0.208. The lowest BCUT2D eigenvalue weighted by atomic mass is 10.3. The lowest BCUT2D eigenvalue weighted by Crippen LogP contribution is -2.32. The van der Waals surface area contributed by atoms with E-state index in [2.05, 4.69) is 18.1 Å². The summed E-state index contributed by atoms with van der Waals surface area (Å²) in [5, 5.41) is 9.20. The van der Waals surface area contributed by atoms with Crippen molar-refractivity contribution in [3.63, 3.8) is 0 Å². The molecule has 0 saturated heterocycles. The predicted molar refractivity (Wildman–Crippen MR) is 115 cm³/mol. The number of carbonyl (C=O) groups excluding carboxylic acids is 1. The van der Waals surface area contributed by atoms with Crippen LogP contribution in [-0.4, -0.2) is 58.8 Å². The van der Waals surface area contributed by atoms with Crippen LogP contribution in [0.4, 0.5) is 0 Å². The molecule has 0 radical (unpaired) electrons. The summed E-state index contributed by atoms with van der Waals surface area (Å²) in [6, 6.07) is 0. The zero-order valence-electron chi connectivity index (χ0n) is 15.9. The number of carbonyl (C=O) groups is 1. The Balaban J connectivity index is 0. The van der Waals surface area contributed by atoms with E-state index in [1.54, 1.807) is 6.92 Å². The number of alkyl halides is 6. The van der Waals surface area contributed by atoms with Crippen molar-refractivity contribution in [2.75, 3.05) is 28.4 Å². The molecule has 9 nitrogen and oxygen atoms in total. The van der Waals surface area contributed by atoms with Crippen LogP contribution in [0, 0.1) is 0 Å². The van der Waals surface area contributed by atoms with Gasteiger partial charge in [-0.15, -0.1) is 0 Å². The summed E-state index contributed by atoms with van der Waals surface area (Å²) in [5.41, 5.74) is 0. The van der Waals surface area contributed by atoms with E-state index < -0.39 is 40.4 Å². The summed E-state index contributed by atoms with van der Waals surface area (Å²) in [5.74, 6) is -4.04. The summed E-state index contributed by atoms with van der Waals surface area (Å²) < 4.78 is 42.2. The number of ether oxygens (including phenoxy) is 1. The molecule has 0 heterocycles. The average molecular weight is 585 g/mol. The van der Waals surface area contributed by atoms with Crippen LogP contribution in [0.3, 0.4) is 0 Å². The van der Waals surface area contributed by atoms with Crippen molar-refractivity contribution >= 4 is 90.8 Å². The van der Waals surface area contributed by atoms with E-state index in [0.717, 1.165) is 28.4 Å². The van der Waals surface area contributed by atoms with Crippen LogP contribution in [-0.2, 0) is 36.8 Å². The van der Waals surface area contributed by atoms with Gasteiger partial charge in [0, 0.05) is 34.9 Å². The molecule has 0 aromatic carbocycles. The van der Waals surface area contributed by atoms with E-state index in [1.807, 2.05) is 0 Å². The molecule has 29 heavy (non-hydrogen) atoms. The van der Waals surface area contributed by atoms with Gasteiger partial charge in [0.15, 0.2) is 0 Å². The third kappa shape index (κ3) is 11.2. The van der Waals surface area contributed by atoms with Gasteiger partial charge in [0.05, 0.1) is 0 Å². The van der Waals surface area contributed by atoms with Crippen molar-refractivity contribution in [1.82, 2.24) is 0 Å². The monoisotopic (exact) mass is 582 g/mol. The van der Waals surface area contributed by atoms with Gasteiger partial charge < -0.3 is 27.9 Å². The molecule has 0 aliphatic carbocycles. The first-order valence-corrected chi connectivity index (χ1v) is 12.9. The second kappa shape index (κ2) is 13.9. The fraction of sp³-hybridized carbons (Fsp3) is 0.917. The molecule has 0 aromatic heterocycles. The number of hydrogen-bond acceptors (Lipinski definition) is 9. The number of hydrogen-bond donors (Lipinski definition) is 1. The number of esters is 1. The normalized spacial score (nSPS) is 15.2. The van der Waals surface area contributed by atoms with Crippen LogP contribution >= 0.6 is 84.8 Å². The van der Waals surface area contributed by atoms with Crippen LogP contribution in [0.5, 0.6) is 0 Å². The Bertz CT molecular complexity index is 579. The first kappa shape index (κ1) is 32.6. The highest BCUT2D eigenvalue weighted by molar-refractivity contribution is 7.55. The number of rotatable bonds is 9. The van der Waals surface area contributed by atoms with Crippen molar-refractivity contribution in [2.45, 2.75) is 39.0 Å². The van der Waals surface area contributed by atoms with E-state index in [1.165, 1.54) is 0 Å². The molecular formula is C12H22Cl6O9P2. The molecule has 176 valence electrons. The number of aliphatic hydroxyl groups is 1. The lowest BCUT2D eigenvalue weighted by Gasteiger charge is -2.28. The molecule has 0 aromatic rings. The van der Waals surface area contributed by atoms with Gasteiger partial charge in [0.25, 0.3) is 0 Å². The maximum atomic E-state index is 12.1. The minimum absolute atomic E-state index is 0.116. The zero-order chi connectivity index (χ0) is 23.7. The summed E-state index contributed by atoms with van der Waals surface area (Å²) in [6.45, 7) is 1.78. The molecule has 0 amide bonds. The maximum Gasteiger partial charge on any atom is 0.374 e. The third-order valence-corrected chi connectivity index (χ3v) is 9.09. The highest BCUT2D eigenvalue weighted by atomic mass is 35.6. The summed E-state index contributed by atoms with van der Waals surface area (Å²) >= 11 is 32.6. The molecule has 1 N–H and O–H groups in total. The Morgan fingerprint density at radius 2 is 1.24 bits per heavy atom. The van der Waals surface area contributed by atoms with Crippen molar-refractivity contribution < 1.29 is 41.9 Å². The molecule has 0 aliphatic heterocycles. The number of halogens is 6. The standard InChI is InChI=1S/C8H14Cl3O5P.C4H8Cl3O4P/c1-4-5-6(12)16-7(8(9,10)11)17(13,14-2)15-3;1-10-12(9,11-2)3(8)4(5,6)7/h7H,4-5H2,1-3H3;3,8H,1-2H3. The van der Waals surface area contributed by atoms with E-state index in [0.29, 0.717) is 6.42 Å². The molecule has 0 fully saturated rings. The van der Waals surface area contributed by atoms with Crippen molar-refractivity contribution in [3.05, 3.63) is 0 Å². The predicted octanol–water partition coefficient (Wildman–Crippen LogP) is 5.67. The molecule has 17 heteroatoms. The highest BCUT2D eigenvalue weighted by Crippen LogP contribution is 2.59. The van der Waals surface area contributed by atoms with Gasteiger partial charge in [-0.2, -0.15) is 0 Å². The second-order valence-corrected chi connectivity index (χ2v) is 14.2. The molecule has 2 unspecified atom stereocenters. The molecular weight excluding hydrogens is 563 g/mol. The molecule has 0 bridgehead atoms. The van der Waals surface area contributed by atoms with Gasteiger partial charge >= 0.3 is 21.2 Å². The van der Waals surface area contributed by atoms with Crippen molar-refractivity contribution in [2.24, 2.45) is 0 Å². The first-order chi connectivity index (χ1) is 13.0. The zero-order valence-corrected chi connectivity index (χ0v) is 22.3. The van der Waals surface area contributed by atoms with E-state index in [-0.39, 0.29) is 6.42 Å². The summed E-state index contributed by atoms with van der Waals surface area (Å²) in [7, 11) is -3.16. The van der Waals surface area contributed by atoms with Crippen LogP contribution < -0.4 is 0 Å². The van der Waals surface area contributed by atoms with Crippen molar-refractivity contribution in [3.8, 4) is 0 Å². The smallest absolute Gasteiger partial charge is 0.374 e. The fourth-order valence-electron chi connectivity index (χ4n) is 1.42. The van der Waals surface area contributed by atoms with E-state index in [4.69, 9.17) is 74.3 Å². The SMILES string of the molecule is CCCC(=O)OC(C(Cl)(Cl)Cl)P(=O)(OC)OC.COP(=O)(OC)C(O)C(Cl)(Cl)Cl. The molecule has 0 spiro atoms. The lowest BCUT2D eigenvalue weighted by molar-refractivity contribution is -0.146. The first-order valence-electron chi connectivity index (χ1n) is 7.42. The van der Waals surface area contributed by atoms with Gasteiger partial charge in [-0.25, -0.2) is 0 Å². The van der Waals surface area contributed by atoms with Gasteiger partial charge in [0.1, 0.15) is 0 Å². The van der Waals surface area contributed by atoms with Gasteiger partial charge in [0.2, 0.25) is 19.3 Å². The maximum absolute atomic E-state index is 12.1. The molecule has 2 atom stereocenters.